The van der Waals surface area contributed by atoms with Gasteiger partial charge < -0.3 is 0 Å². The fraction of sp³-hybridized carbons (Fsp3) is 0.900. The Balaban J connectivity index is 2.73. The summed E-state index contributed by atoms with van der Waals surface area (Å²) in [7, 11) is 0. The number of halogens is 6. The van der Waals surface area contributed by atoms with Crippen LogP contribution in [0.4, 0.5) is 26.3 Å². The van der Waals surface area contributed by atoms with Crippen LogP contribution in [-0.4, -0.2) is 18.1 Å². The first-order valence-corrected chi connectivity index (χ1v) is 5.28. The van der Waals surface area contributed by atoms with Crippen molar-refractivity contribution in [3.8, 4) is 0 Å². The Hall–Kier alpha value is -0.750. The maximum absolute atomic E-state index is 12.2. The molecule has 0 N–H and O–H groups in total. The average Bonchev–Trinajstić information content (AvgIpc) is 2.49. The van der Waals surface area contributed by atoms with Gasteiger partial charge in [-0.3, -0.25) is 4.79 Å². The first-order valence-electron chi connectivity index (χ1n) is 5.28. The van der Waals surface area contributed by atoms with Crippen LogP contribution in [0.15, 0.2) is 0 Å². The fourth-order valence-electron chi connectivity index (χ4n) is 2.17. The number of ketones is 1. The van der Waals surface area contributed by atoms with Crippen LogP contribution in [0.5, 0.6) is 0 Å². The van der Waals surface area contributed by atoms with Crippen LogP contribution in [0.2, 0.25) is 0 Å². The van der Waals surface area contributed by atoms with Gasteiger partial charge in [0.15, 0.2) is 5.78 Å². The molecule has 1 fully saturated rings. The van der Waals surface area contributed by atoms with E-state index >= 15 is 0 Å². The molecule has 7 heteroatoms. The lowest BCUT2D eigenvalue weighted by atomic mass is 9.92. The molecule has 0 bridgehead atoms. The van der Waals surface area contributed by atoms with E-state index in [1.807, 2.05) is 0 Å². The smallest absolute Gasteiger partial charge is 0.299 e. The normalized spacial score (nSPS) is 19.0. The molecule has 0 unspecified atom stereocenters. The number of carbonyl (C=O) groups excluding carboxylic acids is 1. The number of hydrogen-bond acceptors (Lipinski definition) is 1. The molecule has 0 aromatic rings. The molecule has 0 heterocycles. The summed E-state index contributed by atoms with van der Waals surface area (Å²) in [6.45, 7) is 0. The van der Waals surface area contributed by atoms with E-state index in [9.17, 15) is 31.1 Å². The molecule has 0 atom stereocenters. The average molecular weight is 262 g/mol. The summed E-state index contributed by atoms with van der Waals surface area (Å²) in [6.07, 6.45) is -9.12. The van der Waals surface area contributed by atoms with Gasteiger partial charge in [0.1, 0.15) is 0 Å². The fourth-order valence-corrected chi connectivity index (χ4v) is 2.17. The van der Waals surface area contributed by atoms with Gasteiger partial charge in [-0.15, -0.1) is 0 Å². The summed E-state index contributed by atoms with van der Waals surface area (Å²) in [5, 5.41) is 0. The molecule has 17 heavy (non-hydrogen) atoms. The molecule has 1 aliphatic rings. The largest absolute Gasteiger partial charge is 0.407 e. The van der Waals surface area contributed by atoms with E-state index < -0.39 is 30.5 Å². The maximum Gasteiger partial charge on any atom is 0.407 e. The van der Waals surface area contributed by atoms with Crippen LogP contribution < -0.4 is 0 Å². The van der Waals surface area contributed by atoms with Crippen molar-refractivity contribution in [3.05, 3.63) is 0 Å². The van der Waals surface area contributed by atoms with Gasteiger partial charge in [0, 0.05) is 6.42 Å². The number of alkyl halides is 6. The van der Waals surface area contributed by atoms with Crippen molar-refractivity contribution < 1.29 is 31.1 Å². The third-order valence-electron chi connectivity index (χ3n) is 2.94. The van der Waals surface area contributed by atoms with Gasteiger partial charge in [-0.2, -0.15) is 26.3 Å². The maximum atomic E-state index is 12.2. The minimum atomic E-state index is -5.55. The first kappa shape index (κ1) is 14.3. The first-order chi connectivity index (χ1) is 7.62. The highest BCUT2D eigenvalue weighted by atomic mass is 19.4. The molecule has 0 aliphatic heterocycles. The highest BCUT2D eigenvalue weighted by Crippen LogP contribution is 2.41. The number of Topliss-reactive ketones (excluding diaryl/α,β-unsaturated/α-hetero) is 1. The Labute approximate surface area is 94.2 Å². The van der Waals surface area contributed by atoms with Gasteiger partial charge in [-0.05, 0) is 5.92 Å². The zero-order chi connectivity index (χ0) is 13.3. The standard InChI is InChI=1S/C10H12F6O/c11-9(12,13)8(10(14,15)16)7(17)5-6-3-1-2-4-6/h6,8H,1-5H2. The van der Waals surface area contributed by atoms with E-state index in [-0.39, 0.29) is 5.92 Å². The summed E-state index contributed by atoms with van der Waals surface area (Å²) < 4.78 is 73.2. The summed E-state index contributed by atoms with van der Waals surface area (Å²) in [5.74, 6) is -5.90. The lowest BCUT2D eigenvalue weighted by Gasteiger charge is -2.22. The second kappa shape index (κ2) is 4.86. The van der Waals surface area contributed by atoms with Crippen LogP contribution >= 0.6 is 0 Å². The Morgan fingerprint density at radius 1 is 1.00 bits per heavy atom. The summed E-state index contributed by atoms with van der Waals surface area (Å²) >= 11 is 0. The summed E-state index contributed by atoms with van der Waals surface area (Å²) in [6, 6.07) is 0. The predicted octanol–water partition coefficient (Wildman–Crippen LogP) is 3.88. The molecule has 0 amide bonds. The zero-order valence-corrected chi connectivity index (χ0v) is 8.87. The molecule has 0 radical (unpaired) electrons. The quantitative estimate of drug-likeness (QED) is 0.705. The summed E-state index contributed by atoms with van der Waals surface area (Å²) in [4.78, 5) is 11.2. The van der Waals surface area contributed by atoms with Gasteiger partial charge in [0.25, 0.3) is 0 Å². The van der Waals surface area contributed by atoms with Gasteiger partial charge in [0.05, 0.1) is 0 Å². The Kier molecular flexibility index (Phi) is 4.09. The third kappa shape index (κ3) is 3.89. The Morgan fingerprint density at radius 3 is 1.76 bits per heavy atom. The van der Waals surface area contributed by atoms with Crippen molar-refractivity contribution in [2.75, 3.05) is 0 Å². The minimum absolute atomic E-state index is 0.324. The molecule has 1 nitrogen and oxygen atoms in total. The highest BCUT2D eigenvalue weighted by molar-refractivity contribution is 5.82. The highest BCUT2D eigenvalue weighted by Gasteiger charge is 2.60. The summed E-state index contributed by atoms with van der Waals surface area (Å²) in [5.41, 5.74) is 0. The van der Waals surface area contributed by atoms with Gasteiger partial charge >= 0.3 is 12.4 Å². The van der Waals surface area contributed by atoms with E-state index in [1.165, 1.54) is 0 Å². The lowest BCUT2D eigenvalue weighted by molar-refractivity contribution is -0.273. The van der Waals surface area contributed by atoms with E-state index in [2.05, 4.69) is 0 Å². The van der Waals surface area contributed by atoms with Crippen molar-refractivity contribution >= 4 is 5.78 Å². The molecular formula is C10H12F6O. The molecule has 0 spiro atoms. The van der Waals surface area contributed by atoms with E-state index in [0.717, 1.165) is 12.8 Å². The number of hydrogen-bond donors (Lipinski definition) is 0. The molecule has 0 saturated heterocycles. The third-order valence-corrected chi connectivity index (χ3v) is 2.94. The number of carbonyl (C=O) groups is 1. The van der Waals surface area contributed by atoms with Gasteiger partial charge in [-0.1, -0.05) is 25.7 Å². The molecular weight excluding hydrogens is 250 g/mol. The van der Waals surface area contributed by atoms with Crippen molar-refractivity contribution in [2.45, 2.75) is 44.5 Å². The monoisotopic (exact) mass is 262 g/mol. The van der Waals surface area contributed by atoms with Crippen LogP contribution in [-0.2, 0) is 4.79 Å². The van der Waals surface area contributed by atoms with E-state index in [1.54, 1.807) is 0 Å². The van der Waals surface area contributed by atoms with Crippen molar-refractivity contribution in [3.63, 3.8) is 0 Å². The Morgan fingerprint density at radius 2 is 1.41 bits per heavy atom. The number of rotatable bonds is 3. The topological polar surface area (TPSA) is 17.1 Å². The van der Waals surface area contributed by atoms with Crippen molar-refractivity contribution in [1.29, 1.82) is 0 Å². The molecule has 1 saturated carbocycles. The molecule has 1 aliphatic carbocycles. The second-order valence-corrected chi connectivity index (χ2v) is 4.34. The molecule has 1 rings (SSSR count). The van der Waals surface area contributed by atoms with Crippen LogP contribution in [0.3, 0.4) is 0 Å². The van der Waals surface area contributed by atoms with Crippen LogP contribution in [0.1, 0.15) is 32.1 Å². The SMILES string of the molecule is O=C(CC1CCCC1)C(C(F)(F)F)C(F)(F)F. The molecule has 0 aromatic carbocycles. The second-order valence-electron chi connectivity index (χ2n) is 4.34. The van der Waals surface area contributed by atoms with Crippen LogP contribution in [0, 0.1) is 11.8 Å². The predicted molar refractivity (Wildman–Crippen MR) is 47.2 cm³/mol. The van der Waals surface area contributed by atoms with Crippen LogP contribution in [0.25, 0.3) is 0 Å². The molecule has 0 aromatic heterocycles. The van der Waals surface area contributed by atoms with Gasteiger partial charge in [-0.25, -0.2) is 0 Å². The molecule has 100 valence electrons. The van der Waals surface area contributed by atoms with Crippen molar-refractivity contribution in [1.82, 2.24) is 0 Å². The lowest BCUT2D eigenvalue weighted by Crippen LogP contribution is -2.42. The minimum Gasteiger partial charge on any atom is -0.299 e. The van der Waals surface area contributed by atoms with Crippen molar-refractivity contribution in [2.24, 2.45) is 11.8 Å². The zero-order valence-electron chi connectivity index (χ0n) is 8.87. The van der Waals surface area contributed by atoms with Gasteiger partial charge in [0.2, 0.25) is 5.92 Å². The van der Waals surface area contributed by atoms with E-state index in [0.29, 0.717) is 12.8 Å². The van der Waals surface area contributed by atoms with E-state index in [4.69, 9.17) is 0 Å². The Bertz CT molecular complexity index is 260.